The largest absolute Gasteiger partial charge is 0.371 e. The molecule has 5 aromatic rings. The fraction of sp³-hybridized carbons (Fsp3) is 0.286. The molecule has 0 amide bonds. The molecular weight excluding hydrogens is 624 g/mol. The molecule has 8 nitrogen and oxygen atoms in total. The number of rotatable bonds is 16. The summed E-state index contributed by atoms with van der Waals surface area (Å²) in [5.74, 6) is 0. The van der Waals surface area contributed by atoms with Gasteiger partial charge in [0.05, 0.1) is 50.8 Å². The summed E-state index contributed by atoms with van der Waals surface area (Å²) < 4.78 is 21.9. The minimum absolute atomic E-state index is 0.353. The van der Waals surface area contributed by atoms with Gasteiger partial charge in [0.1, 0.15) is 0 Å². The van der Waals surface area contributed by atoms with Crippen LogP contribution in [-0.4, -0.2) is 77.0 Å². The van der Waals surface area contributed by atoms with Crippen molar-refractivity contribution >= 4 is 34.1 Å². The number of epoxide rings is 4. The first kappa shape index (κ1) is 31.1. The fourth-order valence-corrected chi connectivity index (χ4v) is 6.44. The van der Waals surface area contributed by atoms with Crippen molar-refractivity contribution in [3.05, 3.63) is 121 Å². The zero-order valence-electron chi connectivity index (χ0n) is 28.0. The van der Waals surface area contributed by atoms with Crippen LogP contribution in [0.5, 0.6) is 0 Å². The van der Waals surface area contributed by atoms with Gasteiger partial charge in [-0.2, -0.15) is 0 Å². The van der Waals surface area contributed by atoms with Gasteiger partial charge in [-0.1, -0.05) is 48.5 Å². The molecular formula is C42H42N4O4. The van der Waals surface area contributed by atoms with Crippen LogP contribution in [-0.2, 0) is 18.9 Å². The Hall–Kier alpha value is -4.86. The Kier molecular flexibility index (Phi) is 8.60. The number of nitrogens with one attached hydrogen (secondary N) is 2. The van der Waals surface area contributed by atoms with Crippen molar-refractivity contribution in [3.8, 4) is 22.3 Å². The van der Waals surface area contributed by atoms with Crippen molar-refractivity contribution in [2.75, 3.05) is 73.0 Å². The fourth-order valence-electron chi connectivity index (χ4n) is 6.44. The summed E-state index contributed by atoms with van der Waals surface area (Å²) >= 11 is 0. The van der Waals surface area contributed by atoms with Crippen LogP contribution < -0.4 is 20.4 Å². The Bertz CT molecular complexity index is 1700. The van der Waals surface area contributed by atoms with Gasteiger partial charge in [0.2, 0.25) is 0 Å². The van der Waals surface area contributed by atoms with E-state index in [0.29, 0.717) is 24.4 Å². The van der Waals surface area contributed by atoms with Gasteiger partial charge in [0, 0.05) is 60.3 Å². The predicted octanol–water partition coefficient (Wildman–Crippen LogP) is 7.72. The predicted molar refractivity (Wildman–Crippen MR) is 200 cm³/mol. The van der Waals surface area contributed by atoms with E-state index in [1.807, 2.05) is 0 Å². The minimum atomic E-state index is 0.353. The highest BCUT2D eigenvalue weighted by Gasteiger charge is 2.32. The number of nitrogens with zero attached hydrogens (tertiary/aromatic N) is 2. The van der Waals surface area contributed by atoms with E-state index in [4.69, 9.17) is 18.9 Å². The van der Waals surface area contributed by atoms with Crippen molar-refractivity contribution in [2.45, 2.75) is 24.4 Å². The summed E-state index contributed by atoms with van der Waals surface area (Å²) in [6, 6.07) is 43.3. The third-order valence-corrected chi connectivity index (χ3v) is 9.67. The lowest BCUT2D eigenvalue weighted by atomic mass is 10.0. The highest BCUT2D eigenvalue weighted by Crippen LogP contribution is 2.30. The molecule has 0 saturated carbocycles. The quantitative estimate of drug-likeness (QED) is 0.104. The van der Waals surface area contributed by atoms with E-state index in [1.54, 1.807) is 0 Å². The zero-order chi connectivity index (χ0) is 33.3. The summed E-state index contributed by atoms with van der Waals surface area (Å²) in [4.78, 5) is 4.77. The molecule has 0 radical (unpaired) electrons. The lowest BCUT2D eigenvalue weighted by Gasteiger charge is -2.23. The van der Waals surface area contributed by atoms with E-state index < -0.39 is 0 Å². The van der Waals surface area contributed by atoms with E-state index in [1.165, 1.54) is 33.6 Å². The molecule has 4 saturated heterocycles. The molecule has 2 N–H and O–H groups in total. The van der Waals surface area contributed by atoms with Gasteiger partial charge in [-0.25, -0.2) is 0 Å². The van der Waals surface area contributed by atoms with Gasteiger partial charge in [-0.05, 0) is 95.1 Å². The highest BCUT2D eigenvalue weighted by atomic mass is 16.6. The second-order valence-electron chi connectivity index (χ2n) is 13.7. The second-order valence-corrected chi connectivity index (χ2v) is 13.7. The molecule has 4 heterocycles. The van der Waals surface area contributed by atoms with Crippen molar-refractivity contribution in [1.29, 1.82) is 0 Å². The average molecular weight is 667 g/mol. The number of ether oxygens (including phenoxy) is 4. The topological polar surface area (TPSA) is 80.7 Å². The van der Waals surface area contributed by atoms with Crippen molar-refractivity contribution in [3.63, 3.8) is 0 Å². The Morgan fingerprint density at radius 3 is 0.820 bits per heavy atom. The maximum Gasteiger partial charge on any atom is 0.0984 e. The molecule has 0 aromatic heterocycles. The molecule has 8 heteroatoms. The van der Waals surface area contributed by atoms with E-state index >= 15 is 0 Å². The second kappa shape index (κ2) is 13.8. The molecule has 0 bridgehead atoms. The van der Waals surface area contributed by atoms with Gasteiger partial charge < -0.3 is 39.4 Å². The summed E-state index contributed by atoms with van der Waals surface area (Å²) in [6.07, 6.45) is 1.41. The Balaban J connectivity index is 0.779. The van der Waals surface area contributed by atoms with Gasteiger partial charge in [-0.3, -0.25) is 0 Å². The van der Waals surface area contributed by atoms with Gasteiger partial charge in [0.15, 0.2) is 0 Å². The Morgan fingerprint density at radius 2 is 0.580 bits per heavy atom. The first-order valence-electron chi connectivity index (χ1n) is 17.7. The van der Waals surface area contributed by atoms with E-state index in [0.717, 1.165) is 75.4 Å². The molecule has 0 aliphatic carbocycles. The summed E-state index contributed by atoms with van der Waals surface area (Å²) in [5.41, 5.74) is 11.4. The lowest BCUT2D eigenvalue weighted by molar-refractivity contribution is 0.388. The number of anilines is 6. The molecule has 9 rings (SSSR count). The smallest absolute Gasteiger partial charge is 0.0984 e. The molecule has 5 aromatic carbocycles. The molecule has 50 heavy (non-hydrogen) atoms. The first-order chi connectivity index (χ1) is 24.7. The minimum Gasteiger partial charge on any atom is -0.371 e. The molecule has 0 spiro atoms. The monoisotopic (exact) mass is 666 g/mol. The summed E-state index contributed by atoms with van der Waals surface area (Å²) in [6.45, 7) is 7.15. The maximum absolute atomic E-state index is 5.48. The third-order valence-electron chi connectivity index (χ3n) is 9.67. The summed E-state index contributed by atoms with van der Waals surface area (Å²) in [7, 11) is 0. The van der Waals surface area contributed by atoms with Crippen LogP contribution in [0.2, 0.25) is 0 Å². The Morgan fingerprint density at radius 1 is 0.360 bits per heavy atom. The standard InChI is InChI=1S/C42H42N4O4/c1-9-33(10-2-29(1)31-5-17-37(18-6-31)45(21-39-25-47-39)22-40-26-48-40)43-35-13-15-36(16-14-35)44-34-11-3-30(4-12-34)32-7-19-38(20-8-32)46(23-41-27-49-41)24-42-28-50-42/h1-20,39-44H,21-28H2. The SMILES string of the molecule is c1cc(Nc2ccc(-c3ccc(N(CC4CO4)CC4CO4)cc3)cc2)ccc1Nc1ccc(-c2ccc(N(CC3CO3)CC3CO3)cc2)cc1. The van der Waals surface area contributed by atoms with E-state index in [2.05, 4.69) is 142 Å². The molecule has 4 unspecified atom stereocenters. The molecule has 4 aliphatic rings. The van der Waals surface area contributed by atoms with Crippen molar-refractivity contribution in [1.82, 2.24) is 0 Å². The van der Waals surface area contributed by atoms with Crippen LogP contribution in [0.1, 0.15) is 0 Å². The Labute approximate surface area is 293 Å². The van der Waals surface area contributed by atoms with Crippen LogP contribution in [0, 0.1) is 0 Å². The maximum atomic E-state index is 5.48. The molecule has 4 atom stereocenters. The molecule has 4 fully saturated rings. The van der Waals surface area contributed by atoms with E-state index in [-0.39, 0.29) is 0 Å². The molecule has 254 valence electrons. The van der Waals surface area contributed by atoms with Gasteiger partial charge in [-0.15, -0.1) is 0 Å². The average Bonchev–Trinajstić information content (AvgIpc) is 3.95. The van der Waals surface area contributed by atoms with Crippen LogP contribution in [0.25, 0.3) is 22.3 Å². The highest BCUT2D eigenvalue weighted by molar-refractivity contribution is 5.73. The van der Waals surface area contributed by atoms with Crippen LogP contribution in [0.4, 0.5) is 34.1 Å². The van der Waals surface area contributed by atoms with Crippen molar-refractivity contribution < 1.29 is 18.9 Å². The zero-order valence-corrected chi connectivity index (χ0v) is 28.0. The summed E-state index contributed by atoms with van der Waals surface area (Å²) in [5, 5.41) is 7.07. The lowest BCUT2D eigenvalue weighted by Crippen LogP contribution is -2.31. The van der Waals surface area contributed by atoms with Gasteiger partial charge in [0.25, 0.3) is 0 Å². The molecule has 4 aliphatic heterocycles. The third kappa shape index (κ3) is 8.12. The first-order valence-corrected chi connectivity index (χ1v) is 17.7. The van der Waals surface area contributed by atoms with E-state index in [9.17, 15) is 0 Å². The normalized spacial score (nSPS) is 21.3. The number of hydrogen-bond acceptors (Lipinski definition) is 8. The van der Waals surface area contributed by atoms with Crippen LogP contribution in [0.3, 0.4) is 0 Å². The number of hydrogen-bond donors (Lipinski definition) is 2. The number of benzene rings is 5. The van der Waals surface area contributed by atoms with Crippen LogP contribution >= 0.6 is 0 Å². The van der Waals surface area contributed by atoms with Crippen molar-refractivity contribution in [2.24, 2.45) is 0 Å². The van der Waals surface area contributed by atoms with Gasteiger partial charge >= 0.3 is 0 Å². The van der Waals surface area contributed by atoms with Crippen LogP contribution in [0.15, 0.2) is 121 Å².